The van der Waals surface area contributed by atoms with Gasteiger partial charge in [-0.05, 0) is 30.2 Å². The van der Waals surface area contributed by atoms with Gasteiger partial charge in [0.15, 0.2) is 11.6 Å². The van der Waals surface area contributed by atoms with Gasteiger partial charge in [0, 0.05) is 5.56 Å². The van der Waals surface area contributed by atoms with E-state index in [1.54, 1.807) is 30.3 Å². The molecule has 0 amide bonds. The van der Waals surface area contributed by atoms with Gasteiger partial charge >= 0.3 is 7.69 Å². The molecular formula is C20H27BF2O3. The molecule has 0 saturated carbocycles. The van der Waals surface area contributed by atoms with Crippen LogP contribution in [0.2, 0.25) is 0 Å². The summed E-state index contributed by atoms with van der Waals surface area (Å²) in [5, 5.41) is 14.2. The molecule has 0 atom stereocenters. The fraction of sp³-hybridized carbons (Fsp3) is 0.400. The molecule has 0 aliphatic heterocycles. The topological polar surface area (TPSA) is 49.7 Å². The molecule has 0 saturated heterocycles. The third-order valence-corrected chi connectivity index (χ3v) is 3.88. The van der Waals surface area contributed by atoms with Gasteiger partial charge in [0.05, 0.1) is 6.61 Å². The molecule has 26 heavy (non-hydrogen) atoms. The van der Waals surface area contributed by atoms with Gasteiger partial charge in [-0.3, -0.25) is 0 Å². The summed E-state index contributed by atoms with van der Waals surface area (Å²) in [7, 11) is -0.750. The second-order valence-electron chi connectivity index (χ2n) is 5.88. The zero-order valence-corrected chi connectivity index (χ0v) is 15.3. The number of ether oxygens (including phenoxy) is 1. The fourth-order valence-electron chi connectivity index (χ4n) is 2.53. The van der Waals surface area contributed by atoms with Gasteiger partial charge < -0.3 is 14.8 Å². The molecular weight excluding hydrogens is 337 g/mol. The lowest BCUT2D eigenvalue weighted by molar-refractivity contribution is 0.304. The summed E-state index contributed by atoms with van der Waals surface area (Å²) < 4.78 is 32.7. The maximum atomic E-state index is 13.8. The van der Waals surface area contributed by atoms with Crippen molar-refractivity contribution in [2.75, 3.05) is 6.61 Å². The number of hydrogen-bond donors (Lipinski definition) is 2. The Kier molecular flexibility index (Phi) is 11.3. The Hall–Kier alpha value is -1.92. The molecule has 0 spiro atoms. The first-order valence-corrected chi connectivity index (χ1v) is 9.03. The van der Waals surface area contributed by atoms with Crippen molar-refractivity contribution >= 4 is 7.69 Å². The number of rotatable bonds is 9. The average Bonchev–Trinajstić information content (AvgIpc) is 2.65. The number of hydrogen-bond acceptors (Lipinski definition) is 3. The largest absolute Gasteiger partial charge is 0.494 e. The van der Waals surface area contributed by atoms with Crippen LogP contribution in [0, 0.1) is 11.6 Å². The van der Waals surface area contributed by atoms with Crippen molar-refractivity contribution in [3.05, 3.63) is 54.1 Å². The molecule has 2 aromatic rings. The smallest absolute Gasteiger partial charge is 0.432 e. The molecule has 2 aromatic carbocycles. The van der Waals surface area contributed by atoms with E-state index < -0.39 is 19.3 Å². The van der Waals surface area contributed by atoms with Crippen LogP contribution in [0.3, 0.4) is 0 Å². The van der Waals surface area contributed by atoms with Gasteiger partial charge in [0.2, 0.25) is 0 Å². The van der Waals surface area contributed by atoms with Crippen molar-refractivity contribution < 1.29 is 23.6 Å². The quantitative estimate of drug-likeness (QED) is 0.505. The highest BCUT2D eigenvalue weighted by atomic mass is 19.2. The highest BCUT2D eigenvalue weighted by Crippen LogP contribution is 2.26. The molecule has 6 heteroatoms. The molecule has 0 aliphatic carbocycles. The van der Waals surface area contributed by atoms with E-state index in [0.29, 0.717) is 12.2 Å². The van der Waals surface area contributed by atoms with Gasteiger partial charge in [0.1, 0.15) is 5.75 Å². The SMILES string of the molecule is CCCCCCCCOc1ccc(-c2cccc(F)c2F)cc1.OBO. The average molecular weight is 364 g/mol. The summed E-state index contributed by atoms with van der Waals surface area (Å²) >= 11 is 0. The standard InChI is InChI=1S/C20H24F2O.BH3O2/c1-2-3-4-5-6-7-15-23-17-13-11-16(12-14-17)18-9-8-10-19(21)20(18)22;2-1-3/h8-14H,2-7,15H2,1H3;1-3H. The van der Waals surface area contributed by atoms with E-state index in [4.69, 9.17) is 14.8 Å². The Bertz CT molecular complexity index is 621. The lowest BCUT2D eigenvalue weighted by Gasteiger charge is -2.08. The summed E-state index contributed by atoms with van der Waals surface area (Å²) in [5.41, 5.74) is 0.918. The minimum Gasteiger partial charge on any atom is -0.494 e. The summed E-state index contributed by atoms with van der Waals surface area (Å²) in [5.74, 6) is -0.877. The van der Waals surface area contributed by atoms with Crippen molar-refractivity contribution in [2.24, 2.45) is 0 Å². The molecule has 0 aliphatic rings. The van der Waals surface area contributed by atoms with E-state index in [0.717, 1.165) is 18.2 Å². The van der Waals surface area contributed by atoms with Crippen LogP contribution in [0.4, 0.5) is 8.78 Å². The first kappa shape index (κ1) is 22.1. The summed E-state index contributed by atoms with van der Waals surface area (Å²) in [6, 6.07) is 11.3. The van der Waals surface area contributed by atoms with E-state index in [1.807, 2.05) is 0 Å². The van der Waals surface area contributed by atoms with Crippen molar-refractivity contribution in [3.8, 4) is 16.9 Å². The van der Waals surface area contributed by atoms with Crippen LogP contribution in [0.15, 0.2) is 42.5 Å². The van der Waals surface area contributed by atoms with Gasteiger partial charge in [-0.15, -0.1) is 0 Å². The maximum Gasteiger partial charge on any atom is 0.432 e. The van der Waals surface area contributed by atoms with Gasteiger partial charge in [0.25, 0.3) is 0 Å². The van der Waals surface area contributed by atoms with Crippen LogP contribution >= 0.6 is 0 Å². The monoisotopic (exact) mass is 364 g/mol. The van der Waals surface area contributed by atoms with E-state index in [1.165, 1.54) is 38.2 Å². The lowest BCUT2D eigenvalue weighted by Crippen LogP contribution is -1.97. The van der Waals surface area contributed by atoms with Crippen LogP contribution in [0.25, 0.3) is 11.1 Å². The highest BCUT2D eigenvalue weighted by molar-refractivity contribution is 6.13. The van der Waals surface area contributed by atoms with Crippen LogP contribution < -0.4 is 4.74 Å². The zero-order chi connectivity index (χ0) is 19.2. The second-order valence-corrected chi connectivity index (χ2v) is 5.88. The highest BCUT2D eigenvalue weighted by Gasteiger charge is 2.09. The Morgan fingerprint density at radius 3 is 2.15 bits per heavy atom. The molecule has 2 N–H and O–H groups in total. The van der Waals surface area contributed by atoms with Crippen molar-refractivity contribution in [1.82, 2.24) is 0 Å². The normalized spacial score (nSPS) is 10.0. The number of halogens is 2. The van der Waals surface area contributed by atoms with Crippen LogP contribution in [0.1, 0.15) is 45.4 Å². The van der Waals surface area contributed by atoms with E-state index >= 15 is 0 Å². The van der Waals surface area contributed by atoms with E-state index in [-0.39, 0.29) is 5.56 Å². The minimum atomic E-state index is -0.828. The van der Waals surface area contributed by atoms with E-state index in [2.05, 4.69) is 6.92 Å². The first-order valence-electron chi connectivity index (χ1n) is 9.03. The molecule has 0 heterocycles. The molecule has 0 radical (unpaired) electrons. The maximum absolute atomic E-state index is 13.8. The zero-order valence-electron chi connectivity index (χ0n) is 15.3. The summed E-state index contributed by atoms with van der Waals surface area (Å²) in [6.45, 7) is 2.91. The predicted molar refractivity (Wildman–Crippen MR) is 102 cm³/mol. The van der Waals surface area contributed by atoms with Crippen LogP contribution in [-0.2, 0) is 0 Å². The number of unbranched alkanes of at least 4 members (excludes halogenated alkanes) is 5. The Balaban J connectivity index is 0.00000105. The first-order chi connectivity index (χ1) is 12.6. The number of benzene rings is 2. The van der Waals surface area contributed by atoms with Gasteiger partial charge in [-0.1, -0.05) is 63.3 Å². The van der Waals surface area contributed by atoms with Crippen LogP contribution in [0.5, 0.6) is 5.75 Å². The van der Waals surface area contributed by atoms with E-state index in [9.17, 15) is 8.78 Å². The third-order valence-electron chi connectivity index (χ3n) is 3.88. The Morgan fingerprint density at radius 2 is 1.50 bits per heavy atom. The predicted octanol–water partition coefficient (Wildman–Crippen LogP) is 4.61. The van der Waals surface area contributed by atoms with Gasteiger partial charge in [-0.25, -0.2) is 8.78 Å². The Labute approximate surface area is 155 Å². The van der Waals surface area contributed by atoms with Crippen molar-refractivity contribution in [2.45, 2.75) is 45.4 Å². The second kappa shape index (κ2) is 13.3. The summed E-state index contributed by atoms with van der Waals surface area (Å²) in [4.78, 5) is 0. The lowest BCUT2D eigenvalue weighted by atomic mass is 10.0. The molecule has 0 aromatic heterocycles. The van der Waals surface area contributed by atoms with Crippen molar-refractivity contribution in [3.63, 3.8) is 0 Å². The molecule has 142 valence electrons. The summed E-state index contributed by atoms with van der Waals surface area (Å²) in [6.07, 6.45) is 7.35. The third kappa shape index (κ3) is 7.98. The molecule has 3 nitrogen and oxygen atoms in total. The van der Waals surface area contributed by atoms with Crippen LogP contribution in [-0.4, -0.2) is 24.3 Å². The molecule has 2 rings (SSSR count). The molecule has 0 unspecified atom stereocenters. The minimum absolute atomic E-state index is 0.271. The Morgan fingerprint density at radius 1 is 0.885 bits per heavy atom. The molecule has 0 bridgehead atoms. The van der Waals surface area contributed by atoms with Gasteiger partial charge in [-0.2, -0.15) is 0 Å². The van der Waals surface area contributed by atoms with Crippen molar-refractivity contribution in [1.29, 1.82) is 0 Å². The molecule has 0 fully saturated rings. The fourth-order valence-corrected chi connectivity index (χ4v) is 2.53.